The number of carbonyl (C=O) groups is 3. The van der Waals surface area contributed by atoms with Crippen molar-refractivity contribution < 1.29 is 19.1 Å². The molecule has 3 N–H and O–H groups in total. The summed E-state index contributed by atoms with van der Waals surface area (Å²) in [6.07, 6.45) is 0. The predicted octanol–water partition coefficient (Wildman–Crippen LogP) is 3.29. The molecular weight excluding hydrogens is 346 g/mol. The molecule has 0 atom stereocenters. The number of ether oxygens (including phenoxy) is 1. The highest BCUT2D eigenvalue weighted by atomic mass is 16.5. The van der Waals surface area contributed by atoms with Gasteiger partial charge in [-0.15, -0.1) is 0 Å². The second-order valence-electron chi connectivity index (χ2n) is 6.15. The summed E-state index contributed by atoms with van der Waals surface area (Å²) >= 11 is 0. The third-order valence-corrected chi connectivity index (χ3v) is 4.10. The van der Waals surface area contributed by atoms with E-state index in [1.54, 1.807) is 18.2 Å². The van der Waals surface area contributed by atoms with Crippen molar-refractivity contribution in [2.45, 2.75) is 13.8 Å². The van der Waals surface area contributed by atoms with Crippen LogP contribution in [0, 0.1) is 13.8 Å². The van der Waals surface area contributed by atoms with Crippen molar-refractivity contribution in [3.63, 3.8) is 0 Å². The van der Waals surface area contributed by atoms with Crippen molar-refractivity contribution in [2.24, 2.45) is 0 Å². The van der Waals surface area contributed by atoms with Gasteiger partial charge < -0.3 is 15.0 Å². The van der Waals surface area contributed by atoms with Gasteiger partial charge in [0, 0.05) is 16.6 Å². The van der Waals surface area contributed by atoms with Crippen LogP contribution in [-0.4, -0.2) is 29.5 Å². The normalized spacial score (nSPS) is 10.4. The number of anilines is 1. The number of H-pyrrole nitrogens is 1. The molecule has 1 heterocycles. The van der Waals surface area contributed by atoms with Crippen LogP contribution in [0.1, 0.15) is 21.6 Å². The van der Waals surface area contributed by atoms with E-state index < -0.39 is 24.5 Å². The SMILES string of the molecule is Cc1ccc(NC(=O)NC(=O)COC(=O)c2cc3ccccc3[nH]2)cc1C. The summed E-state index contributed by atoms with van der Waals surface area (Å²) in [5.41, 5.74) is 3.72. The Morgan fingerprint density at radius 3 is 2.52 bits per heavy atom. The number of imide groups is 1. The van der Waals surface area contributed by atoms with Crippen molar-refractivity contribution in [3.05, 3.63) is 65.4 Å². The fourth-order valence-electron chi connectivity index (χ4n) is 2.54. The van der Waals surface area contributed by atoms with Gasteiger partial charge in [-0.05, 0) is 49.2 Å². The van der Waals surface area contributed by atoms with Crippen molar-refractivity contribution in [3.8, 4) is 0 Å². The largest absolute Gasteiger partial charge is 0.451 e. The minimum Gasteiger partial charge on any atom is -0.451 e. The number of rotatable bonds is 4. The van der Waals surface area contributed by atoms with E-state index >= 15 is 0 Å². The zero-order valence-corrected chi connectivity index (χ0v) is 15.0. The maximum atomic E-state index is 12.0. The van der Waals surface area contributed by atoms with Crippen molar-refractivity contribution in [1.29, 1.82) is 0 Å². The summed E-state index contributed by atoms with van der Waals surface area (Å²) in [6, 6.07) is 13.7. The van der Waals surface area contributed by atoms with Gasteiger partial charge in [-0.2, -0.15) is 0 Å². The molecule has 0 unspecified atom stereocenters. The Kier molecular flexibility index (Phi) is 5.21. The summed E-state index contributed by atoms with van der Waals surface area (Å²) in [4.78, 5) is 38.6. The quantitative estimate of drug-likeness (QED) is 0.618. The monoisotopic (exact) mass is 365 g/mol. The van der Waals surface area contributed by atoms with Crippen LogP contribution in [0.2, 0.25) is 0 Å². The molecule has 3 rings (SSSR count). The van der Waals surface area contributed by atoms with E-state index in [1.165, 1.54) is 0 Å². The number of amides is 3. The number of aromatic amines is 1. The second-order valence-corrected chi connectivity index (χ2v) is 6.15. The minimum absolute atomic E-state index is 0.239. The molecule has 27 heavy (non-hydrogen) atoms. The van der Waals surface area contributed by atoms with Crippen molar-refractivity contribution >= 4 is 34.5 Å². The van der Waals surface area contributed by atoms with E-state index in [-0.39, 0.29) is 5.69 Å². The highest BCUT2D eigenvalue weighted by molar-refractivity contribution is 6.02. The number of fused-ring (bicyclic) bond motifs is 1. The second kappa shape index (κ2) is 7.74. The number of esters is 1. The van der Waals surface area contributed by atoms with E-state index in [0.717, 1.165) is 22.0 Å². The lowest BCUT2D eigenvalue weighted by molar-refractivity contribution is -0.123. The van der Waals surface area contributed by atoms with Crippen LogP contribution in [0.3, 0.4) is 0 Å². The van der Waals surface area contributed by atoms with E-state index in [4.69, 9.17) is 4.74 Å². The fraction of sp³-hybridized carbons (Fsp3) is 0.150. The molecule has 0 bridgehead atoms. The number of aryl methyl sites for hydroxylation is 2. The first-order chi connectivity index (χ1) is 12.9. The van der Waals surface area contributed by atoms with Gasteiger partial charge in [0.2, 0.25) is 0 Å². The summed E-state index contributed by atoms with van der Waals surface area (Å²) in [5, 5.41) is 5.54. The molecule has 0 fully saturated rings. The maximum Gasteiger partial charge on any atom is 0.355 e. The molecule has 0 radical (unpaired) electrons. The first-order valence-corrected chi connectivity index (χ1v) is 8.35. The molecule has 0 aliphatic carbocycles. The molecule has 0 spiro atoms. The molecule has 0 aliphatic rings. The molecule has 138 valence electrons. The topological polar surface area (TPSA) is 100 Å². The molecule has 0 saturated heterocycles. The predicted molar refractivity (Wildman–Crippen MR) is 102 cm³/mol. The number of hydrogen-bond acceptors (Lipinski definition) is 4. The molecule has 3 amide bonds. The van der Waals surface area contributed by atoms with Crippen molar-refractivity contribution in [1.82, 2.24) is 10.3 Å². The Morgan fingerprint density at radius 1 is 1.00 bits per heavy atom. The highest BCUT2D eigenvalue weighted by Gasteiger charge is 2.14. The van der Waals surface area contributed by atoms with Gasteiger partial charge in [0.1, 0.15) is 5.69 Å². The van der Waals surface area contributed by atoms with Crippen LogP contribution < -0.4 is 10.6 Å². The van der Waals surface area contributed by atoms with Crippen LogP contribution in [-0.2, 0) is 9.53 Å². The first kappa shape index (κ1) is 18.2. The van der Waals surface area contributed by atoms with Crippen molar-refractivity contribution in [2.75, 3.05) is 11.9 Å². The maximum absolute atomic E-state index is 12.0. The molecule has 7 heteroatoms. The van der Waals surface area contributed by atoms with Crippen LogP contribution in [0.25, 0.3) is 10.9 Å². The number of para-hydroxylation sites is 1. The van der Waals surface area contributed by atoms with E-state index in [1.807, 2.05) is 44.2 Å². The summed E-state index contributed by atoms with van der Waals surface area (Å²) in [7, 11) is 0. The molecule has 1 aromatic heterocycles. The molecule has 2 aromatic carbocycles. The van der Waals surface area contributed by atoms with E-state index in [9.17, 15) is 14.4 Å². The van der Waals surface area contributed by atoms with Gasteiger partial charge in [0.05, 0.1) is 0 Å². The van der Waals surface area contributed by atoms with Gasteiger partial charge >= 0.3 is 12.0 Å². The Morgan fingerprint density at radius 2 is 1.78 bits per heavy atom. The number of urea groups is 1. The summed E-state index contributed by atoms with van der Waals surface area (Å²) in [6.45, 7) is 3.33. The highest BCUT2D eigenvalue weighted by Crippen LogP contribution is 2.15. The van der Waals surface area contributed by atoms with Gasteiger partial charge in [0.15, 0.2) is 6.61 Å². The Hall–Kier alpha value is -3.61. The lowest BCUT2D eigenvalue weighted by Crippen LogP contribution is -2.37. The van der Waals surface area contributed by atoms with Gasteiger partial charge in [-0.1, -0.05) is 24.3 Å². The Balaban J connectivity index is 1.50. The summed E-state index contributed by atoms with van der Waals surface area (Å²) in [5.74, 6) is -1.39. The first-order valence-electron chi connectivity index (χ1n) is 8.35. The third kappa shape index (κ3) is 4.52. The summed E-state index contributed by atoms with van der Waals surface area (Å²) < 4.78 is 4.94. The van der Waals surface area contributed by atoms with E-state index in [0.29, 0.717) is 5.69 Å². The van der Waals surface area contributed by atoms with Crippen LogP contribution in [0.15, 0.2) is 48.5 Å². The Bertz CT molecular complexity index is 990. The third-order valence-electron chi connectivity index (χ3n) is 4.10. The standard InChI is InChI=1S/C20H19N3O4/c1-12-7-8-15(9-13(12)2)21-20(26)23-18(24)11-27-19(25)17-10-14-5-3-4-6-16(14)22-17/h3-10,22H,11H2,1-2H3,(H2,21,23,24,26). The molecule has 0 saturated carbocycles. The number of carbonyl (C=O) groups excluding carboxylic acids is 3. The zero-order valence-electron chi connectivity index (χ0n) is 15.0. The lowest BCUT2D eigenvalue weighted by Gasteiger charge is -2.08. The smallest absolute Gasteiger partial charge is 0.355 e. The average molecular weight is 365 g/mol. The van der Waals surface area contributed by atoms with Gasteiger partial charge in [-0.3, -0.25) is 10.1 Å². The number of hydrogen-bond donors (Lipinski definition) is 3. The molecule has 3 aromatic rings. The number of benzene rings is 2. The minimum atomic E-state index is -0.721. The van der Waals surface area contributed by atoms with Crippen LogP contribution in [0.5, 0.6) is 0 Å². The van der Waals surface area contributed by atoms with Gasteiger partial charge in [0.25, 0.3) is 5.91 Å². The lowest BCUT2D eigenvalue weighted by atomic mass is 10.1. The molecular formula is C20H19N3O4. The zero-order chi connectivity index (χ0) is 19.4. The molecule has 7 nitrogen and oxygen atoms in total. The van der Waals surface area contributed by atoms with Crippen LogP contribution in [0.4, 0.5) is 10.5 Å². The Labute approximate surface area is 155 Å². The number of aromatic nitrogens is 1. The van der Waals surface area contributed by atoms with Gasteiger partial charge in [-0.25, -0.2) is 9.59 Å². The average Bonchev–Trinajstić information content (AvgIpc) is 3.07. The fourth-order valence-corrected chi connectivity index (χ4v) is 2.54. The van der Waals surface area contributed by atoms with E-state index in [2.05, 4.69) is 15.6 Å². The van der Waals surface area contributed by atoms with Crippen LogP contribution >= 0.6 is 0 Å². The number of nitrogens with one attached hydrogen (secondary N) is 3. The molecule has 0 aliphatic heterocycles.